The predicted molar refractivity (Wildman–Crippen MR) is 93.6 cm³/mol. The molecule has 0 bridgehead atoms. The zero-order valence-electron chi connectivity index (χ0n) is 14.3. The number of aryl methyl sites for hydroxylation is 1. The van der Waals surface area contributed by atoms with Gasteiger partial charge in [-0.1, -0.05) is 60.2 Å². The first-order valence-corrected chi connectivity index (χ1v) is 8.11. The van der Waals surface area contributed by atoms with E-state index < -0.39 is 12.1 Å². The van der Waals surface area contributed by atoms with E-state index in [1.807, 2.05) is 68.4 Å². The van der Waals surface area contributed by atoms with Crippen molar-refractivity contribution < 1.29 is 10.1 Å². The number of nitro groups is 1. The average molecular weight is 328 g/mol. The molecule has 0 aliphatic rings. The lowest BCUT2D eigenvalue weighted by Crippen LogP contribution is -2.42. The third-order valence-corrected chi connectivity index (χ3v) is 4.32. The van der Waals surface area contributed by atoms with Gasteiger partial charge in [0.05, 0.1) is 0 Å². The topological polar surface area (TPSA) is 66.6 Å². The largest absolute Gasteiger partial charge is 0.313 e. The highest BCUT2D eigenvalue weighted by Crippen LogP contribution is 2.27. The van der Waals surface area contributed by atoms with E-state index in [9.17, 15) is 15.3 Å². The Labute approximate surface area is 142 Å². The van der Waals surface area contributed by atoms with Gasteiger partial charge in [0.25, 0.3) is 0 Å². The molecule has 3 unspecified atom stereocenters. The monoisotopic (exact) mass is 328 g/mol. The fourth-order valence-corrected chi connectivity index (χ4v) is 2.85. The summed E-state index contributed by atoms with van der Waals surface area (Å²) in [7, 11) is 0. The number of benzene rings is 2. The normalized spacial score (nSPS) is 15.0. The Balaban J connectivity index is 2.25. The maximum atomic E-state index is 11.3. The maximum absolute atomic E-state index is 11.3. The van der Waals surface area contributed by atoms with Crippen molar-refractivity contribution in [3.63, 3.8) is 0 Å². The van der Waals surface area contributed by atoms with E-state index >= 15 is 0 Å². The molecule has 0 aromatic heterocycles. The first kappa shape index (κ1) is 18.1. The second-order valence-electron chi connectivity index (χ2n) is 6.30. The Hall–Kier alpha value is -2.24. The molecule has 0 spiro atoms. The molecule has 3 atom stereocenters. The van der Waals surface area contributed by atoms with Crippen LogP contribution in [-0.4, -0.2) is 27.3 Å². The van der Waals surface area contributed by atoms with E-state index in [0.29, 0.717) is 6.42 Å². The molecule has 0 fully saturated rings. The highest BCUT2D eigenvalue weighted by atomic mass is 16.6. The molecule has 24 heavy (non-hydrogen) atoms. The smallest absolute Gasteiger partial charge is 0.232 e. The Kier molecular flexibility index (Phi) is 6.06. The van der Waals surface area contributed by atoms with Gasteiger partial charge in [0.1, 0.15) is 6.04 Å². The number of rotatable bonds is 7. The summed E-state index contributed by atoms with van der Waals surface area (Å²) in [6, 6.07) is 15.4. The van der Waals surface area contributed by atoms with Crippen LogP contribution in [0.3, 0.4) is 0 Å². The minimum Gasteiger partial charge on any atom is -0.313 e. The van der Waals surface area contributed by atoms with E-state index in [-0.39, 0.29) is 11.0 Å². The van der Waals surface area contributed by atoms with Gasteiger partial charge in [-0.05, 0) is 31.4 Å². The molecule has 0 aliphatic heterocycles. The summed E-state index contributed by atoms with van der Waals surface area (Å²) in [4.78, 5) is 11.0. The molecule has 2 rings (SSSR count). The van der Waals surface area contributed by atoms with Crippen LogP contribution in [0.5, 0.6) is 0 Å². The number of hydrogen-bond donors (Lipinski definition) is 1. The van der Waals surface area contributed by atoms with Crippen molar-refractivity contribution >= 4 is 0 Å². The highest BCUT2D eigenvalue weighted by Gasteiger charge is 2.35. The van der Waals surface area contributed by atoms with Crippen molar-refractivity contribution in [2.45, 2.75) is 45.3 Å². The van der Waals surface area contributed by atoms with E-state index in [4.69, 9.17) is 0 Å². The summed E-state index contributed by atoms with van der Waals surface area (Å²) in [5.74, 6) is 0. The van der Waals surface area contributed by atoms with Gasteiger partial charge in [-0.25, -0.2) is 0 Å². The molecule has 0 heterocycles. The lowest BCUT2D eigenvalue weighted by Gasteiger charge is -2.32. The highest BCUT2D eigenvalue weighted by molar-refractivity contribution is 5.25. The molecule has 2 aromatic carbocycles. The van der Waals surface area contributed by atoms with E-state index in [1.54, 1.807) is 0 Å². The van der Waals surface area contributed by atoms with Gasteiger partial charge in [0.2, 0.25) is 6.04 Å². The molecule has 0 radical (unpaired) electrons. The Morgan fingerprint density at radius 1 is 1.08 bits per heavy atom. The zero-order chi connectivity index (χ0) is 17.7. The molecule has 1 N–H and O–H groups in total. The van der Waals surface area contributed by atoms with Crippen LogP contribution >= 0.6 is 0 Å². The van der Waals surface area contributed by atoms with Crippen LogP contribution in [-0.2, 0) is 6.42 Å². The number of nitrogens with zero attached hydrogens (tertiary/aromatic N) is 2. The third kappa shape index (κ3) is 4.40. The molecular weight excluding hydrogens is 304 g/mol. The van der Waals surface area contributed by atoms with Gasteiger partial charge >= 0.3 is 0 Å². The van der Waals surface area contributed by atoms with Crippen molar-refractivity contribution in [3.05, 3.63) is 81.4 Å². The van der Waals surface area contributed by atoms with Gasteiger partial charge in [-0.3, -0.25) is 10.1 Å². The van der Waals surface area contributed by atoms with Crippen LogP contribution in [0.4, 0.5) is 0 Å². The summed E-state index contributed by atoms with van der Waals surface area (Å²) < 4.78 is 0. The summed E-state index contributed by atoms with van der Waals surface area (Å²) in [5.41, 5.74) is 2.90. The second-order valence-corrected chi connectivity index (χ2v) is 6.30. The average Bonchev–Trinajstić information content (AvgIpc) is 2.57. The molecule has 0 saturated heterocycles. The SMILES string of the molecule is Cc1ccc(C(C(C)[N+](=O)[O-])N(O)C(C)Cc2ccccc2)cc1. The van der Waals surface area contributed by atoms with Crippen molar-refractivity contribution in [3.8, 4) is 0 Å². The third-order valence-electron chi connectivity index (χ3n) is 4.32. The summed E-state index contributed by atoms with van der Waals surface area (Å²) in [6.45, 7) is 5.37. The fourth-order valence-electron chi connectivity index (χ4n) is 2.85. The molecule has 5 nitrogen and oxygen atoms in total. The van der Waals surface area contributed by atoms with Gasteiger partial charge < -0.3 is 5.21 Å². The van der Waals surface area contributed by atoms with Gasteiger partial charge in [-0.15, -0.1) is 0 Å². The van der Waals surface area contributed by atoms with Crippen LogP contribution in [0.25, 0.3) is 0 Å². The fraction of sp³-hybridized carbons (Fsp3) is 0.368. The molecule has 2 aromatic rings. The summed E-state index contributed by atoms with van der Waals surface area (Å²) in [5, 5.41) is 23.2. The quantitative estimate of drug-likeness (QED) is 0.616. The zero-order valence-corrected chi connectivity index (χ0v) is 14.3. The molecule has 5 heteroatoms. The van der Waals surface area contributed by atoms with Gasteiger partial charge in [-0.2, -0.15) is 5.06 Å². The van der Waals surface area contributed by atoms with Crippen molar-refractivity contribution in [2.75, 3.05) is 0 Å². The van der Waals surface area contributed by atoms with E-state index in [2.05, 4.69) is 0 Å². The van der Waals surface area contributed by atoms with Crippen molar-refractivity contribution in [1.82, 2.24) is 5.06 Å². The maximum Gasteiger partial charge on any atom is 0.232 e. The Morgan fingerprint density at radius 2 is 1.67 bits per heavy atom. The molecular formula is C19H24N2O3. The van der Waals surface area contributed by atoms with Crippen LogP contribution in [0.1, 0.15) is 36.6 Å². The predicted octanol–water partition coefficient (Wildman–Crippen LogP) is 4.02. The Bertz CT molecular complexity index is 658. The molecule has 0 saturated carbocycles. The first-order chi connectivity index (χ1) is 11.4. The standard InChI is InChI=1S/C19H24N2O3/c1-14-9-11-18(12-10-14)19(16(3)21(23)24)20(22)15(2)13-17-7-5-4-6-8-17/h4-12,15-16,19,22H,13H2,1-3H3. The van der Waals surface area contributed by atoms with Crippen LogP contribution < -0.4 is 0 Å². The van der Waals surface area contributed by atoms with Crippen LogP contribution in [0.15, 0.2) is 54.6 Å². The lowest BCUT2D eigenvalue weighted by molar-refractivity contribution is -0.533. The molecule has 128 valence electrons. The summed E-state index contributed by atoms with van der Waals surface area (Å²) in [6.07, 6.45) is 0.615. The Morgan fingerprint density at radius 3 is 2.21 bits per heavy atom. The lowest BCUT2D eigenvalue weighted by atomic mass is 9.97. The number of hydrogen-bond acceptors (Lipinski definition) is 4. The molecule has 0 aliphatic carbocycles. The van der Waals surface area contributed by atoms with Crippen LogP contribution in [0.2, 0.25) is 0 Å². The van der Waals surface area contributed by atoms with Crippen molar-refractivity contribution in [1.29, 1.82) is 0 Å². The second kappa shape index (κ2) is 8.04. The summed E-state index contributed by atoms with van der Waals surface area (Å²) >= 11 is 0. The van der Waals surface area contributed by atoms with Gasteiger partial charge in [0, 0.05) is 17.9 Å². The van der Waals surface area contributed by atoms with E-state index in [1.165, 1.54) is 6.92 Å². The van der Waals surface area contributed by atoms with Gasteiger partial charge in [0.15, 0.2) is 0 Å². The van der Waals surface area contributed by atoms with E-state index in [0.717, 1.165) is 21.8 Å². The van der Waals surface area contributed by atoms with Crippen LogP contribution in [0, 0.1) is 17.0 Å². The minimum atomic E-state index is -0.920. The minimum absolute atomic E-state index is 0.249. The van der Waals surface area contributed by atoms with Crippen molar-refractivity contribution in [2.24, 2.45) is 0 Å². The number of hydroxylamine groups is 2. The molecule has 0 amide bonds. The first-order valence-electron chi connectivity index (χ1n) is 8.11.